The van der Waals surface area contributed by atoms with E-state index in [1.807, 2.05) is 12.1 Å². The predicted molar refractivity (Wildman–Crippen MR) is 65.4 cm³/mol. The highest BCUT2D eigenvalue weighted by molar-refractivity contribution is 5.79. The number of aliphatic carboxylic acids is 1. The van der Waals surface area contributed by atoms with Crippen molar-refractivity contribution in [2.24, 2.45) is 0 Å². The lowest BCUT2D eigenvalue weighted by atomic mass is 9.91. The topological polar surface area (TPSA) is 46.5 Å². The van der Waals surface area contributed by atoms with Crippen LogP contribution in [0.3, 0.4) is 0 Å². The second-order valence-corrected chi connectivity index (χ2v) is 4.15. The van der Waals surface area contributed by atoms with Gasteiger partial charge in [-0.25, -0.2) is 4.79 Å². The first-order chi connectivity index (χ1) is 8.27. The molecule has 0 unspecified atom stereocenters. The fourth-order valence-corrected chi connectivity index (χ4v) is 2.17. The largest absolute Gasteiger partial charge is 0.489 e. The van der Waals surface area contributed by atoms with E-state index >= 15 is 0 Å². The molecule has 0 radical (unpaired) electrons. The third-order valence-electron chi connectivity index (χ3n) is 2.95. The van der Waals surface area contributed by atoms with Crippen molar-refractivity contribution in [3.8, 4) is 5.75 Å². The molecule has 17 heavy (non-hydrogen) atoms. The third kappa shape index (κ3) is 3.09. The zero-order valence-corrected chi connectivity index (χ0v) is 9.69. The van der Waals surface area contributed by atoms with Gasteiger partial charge in [0.25, 0.3) is 0 Å². The number of carboxylic acid groups (broad SMARTS) is 1. The molecule has 0 aliphatic heterocycles. The molecule has 3 heteroatoms. The fraction of sp³-hybridized carbons (Fsp3) is 0.357. The molecule has 0 saturated heterocycles. The van der Waals surface area contributed by atoms with Crippen LogP contribution in [-0.4, -0.2) is 17.7 Å². The normalized spacial score (nSPS) is 14.6. The fourth-order valence-electron chi connectivity index (χ4n) is 2.17. The molecular formula is C14H16O3. The number of ether oxygens (including phenoxy) is 1. The molecule has 0 bridgehead atoms. The molecule has 90 valence electrons. The average Bonchev–Trinajstić information content (AvgIpc) is 2.34. The second-order valence-electron chi connectivity index (χ2n) is 4.15. The maximum absolute atomic E-state index is 10.3. The number of hydrogen-bond donors (Lipinski definition) is 1. The van der Waals surface area contributed by atoms with Crippen molar-refractivity contribution in [2.45, 2.75) is 25.7 Å². The molecule has 0 heterocycles. The molecule has 3 nitrogen and oxygen atoms in total. The summed E-state index contributed by atoms with van der Waals surface area (Å²) in [5.74, 6) is -0.0408. The van der Waals surface area contributed by atoms with Crippen LogP contribution in [-0.2, 0) is 17.6 Å². The molecule has 2 rings (SSSR count). The van der Waals surface area contributed by atoms with Crippen LogP contribution in [0.15, 0.2) is 30.4 Å². The summed E-state index contributed by atoms with van der Waals surface area (Å²) in [6, 6.07) is 6.10. The minimum absolute atomic E-state index is 0.308. The molecule has 1 aromatic carbocycles. The maximum Gasteiger partial charge on any atom is 0.328 e. The van der Waals surface area contributed by atoms with Crippen LogP contribution in [0.2, 0.25) is 0 Å². The minimum atomic E-state index is -0.941. The van der Waals surface area contributed by atoms with Gasteiger partial charge in [0.05, 0.1) is 0 Å². The van der Waals surface area contributed by atoms with Gasteiger partial charge in [-0.2, -0.15) is 0 Å². The smallest absolute Gasteiger partial charge is 0.328 e. The highest BCUT2D eigenvalue weighted by Crippen LogP contribution is 2.29. The van der Waals surface area contributed by atoms with Crippen molar-refractivity contribution in [1.82, 2.24) is 0 Å². The first-order valence-corrected chi connectivity index (χ1v) is 5.90. The summed E-state index contributed by atoms with van der Waals surface area (Å²) < 4.78 is 5.60. The molecule has 1 aliphatic carbocycles. The lowest BCUT2D eigenvalue weighted by Gasteiger charge is -2.18. The zero-order valence-electron chi connectivity index (χ0n) is 9.69. The van der Waals surface area contributed by atoms with E-state index in [9.17, 15) is 4.79 Å². The highest BCUT2D eigenvalue weighted by atomic mass is 16.5. The summed E-state index contributed by atoms with van der Waals surface area (Å²) in [5, 5.41) is 8.46. The van der Waals surface area contributed by atoms with E-state index in [0.29, 0.717) is 6.61 Å². The van der Waals surface area contributed by atoms with Crippen LogP contribution in [0.25, 0.3) is 0 Å². The van der Waals surface area contributed by atoms with Crippen molar-refractivity contribution in [2.75, 3.05) is 6.61 Å². The summed E-state index contributed by atoms with van der Waals surface area (Å²) in [6.07, 6.45) is 7.26. The Balaban J connectivity index is 2.03. The van der Waals surface area contributed by atoms with E-state index in [-0.39, 0.29) is 0 Å². The molecular weight excluding hydrogens is 216 g/mol. The first kappa shape index (κ1) is 11.7. The molecule has 1 aliphatic rings. The molecule has 0 aromatic heterocycles. The number of rotatable bonds is 4. The van der Waals surface area contributed by atoms with Crippen molar-refractivity contribution >= 4 is 5.97 Å². The van der Waals surface area contributed by atoms with E-state index in [1.54, 1.807) is 0 Å². The molecule has 1 N–H and O–H groups in total. The Morgan fingerprint density at radius 3 is 3.00 bits per heavy atom. The van der Waals surface area contributed by atoms with Crippen LogP contribution in [0.5, 0.6) is 5.75 Å². The van der Waals surface area contributed by atoms with Gasteiger partial charge in [-0.3, -0.25) is 0 Å². The molecule has 0 atom stereocenters. The maximum atomic E-state index is 10.3. The Bertz CT molecular complexity index is 435. The van der Waals surface area contributed by atoms with Gasteiger partial charge >= 0.3 is 5.97 Å². The Kier molecular flexibility index (Phi) is 3.81. The van der Waals surface area contributed by atoms with E-state index in [2.05, 4.69) is 6.07 Å². The van der Waals surface area contributed by atoms with E-state index < -0.39 is 5.97 Å². The van der Waals surface area contributed by atoms with Crippen molar-refractivity contribution in [3.63, 3.8) is 0 Å². The Hall–Kier alpha value is -1.77. The van der Waals surface area contributed by atoms with Gasteiger partial charge in [0, 0.05) is 6.08 Å². The summed E-state index contributed by atoms with van der Waals surface area (Å²) in [6.45, 7) is 0.308. The van der Waals surface area contributed by atoms with Crippen LogP contribution >= 0.6 is 0 Å². The van der Waals surface area contributed by atoms with Crippen LogP contribution < -0.4 is 4.74 Å². The lowest BCUT2D eigenvalue weighted by Crippen LogP contribution is -2.06. The Labute approximate surface area is 101 Å². The standard InChI is InChI=1S/C14H16O3/c15-14(16)9-4-10-17-13-8-3-6-11-5-1-2-7-12(11)13/h3-4,6,8-9H,1-2,5,7,10H2,(H,15,16)/b9-4+. The van der Waals surface area contributed by atoms with E-state index in [4.69, 9.17) is 9.84 Å². The monoisotopic (exact) mass is 232 g/mol. The van der Waals surface area contributed by atoms with E-state index in [0.717, 1.165) is 24.7 Å². The first-order valence-electron chi connectivity index (χ1n) is 5.90. The predicted octanol–water partition coefficient (Wildman–Crippen LogP) is 2.59. The van der Waals surface area contributed by atoms with Gasteiger partial charge in [-0.1, -0.05) is 12.1 Å². The van der Waals surface area contributed by atoms with Gasteiger partial charge in [-0.05, 0) is 49.0 Å². The van der Waals surface area contributed by atoms with Crippen LogP contribution in [0.4, 0.5) is 0 Å². The summed E-state index contributed by atoms with van der Waals surface area (Å²) in [5.41, 5.74) is 2.67. The average molecular weight is 232 g/mol. The quantitative estimate of drug-likeness (QED) is 0.811. The second kappa shape index (κ2) is 5.53. The van der Waals surface area contributed by atoms with Gasteiger partial charge < -0.3 is 9.84 Å². The molecule has 1 aromatic rings. The van der Waals surface area contributed by atoms with Crippen LogP contribution in [0.1, 0.15) is 24.0 Å². The number of carboxylic acids is 1. The van der Waals surface area contributed by atoms with Crippen molar-refractivity contribution < 1.29 is 14.6 Å². The molecule has 0 spiro atoms. The molecule has 0 amide bonds. The van der Waals surface area contributed by atoms with Gasteiger partial charge in [-0.15, -0.1) is 0 Å². The molecule has 0 saturated carbocycles. The van der Waals surface area contributed by atoms with Gasteiger partial charge in [0.2, 0.25) is 0 Å². The van der Waals surface area contributed by atoms with Crippen LogP contribution in [0, 0.1) is 0 Å². The number of hydrogen-bond acceptors (Lipinski definition) is 2. The van der Waals surface area contributed by atoms with Crippen molar-refractivity contribution in [1.29, 1.82) is 0 Å². The minimum Gasteiger partial charge on any atom is -0.489 e. The van der Waals surface area contributed by atoms with E-state index in [1.165, 1.54) is 30.0 Å². The SMILES string of the molecule is O=C(O)/C=C/COc1cccc2c1CCCC2. The number of benzene rings is 1. The molecule has 0 fully saturated rings. The summed E-state index contributed by atoms with van der Waals surface area (Å²) in [4.78, 5) is 10.3. The third-order valence-corrected chi connectivity index (χ3v) is 2.95. The summed E-state index contributed by atoms with van der Waals surface area (Å²) in [7, 11) is 0. The number of fused-ring (bicyclic) bond motifs is 1. The van der Waals surface area contributed by atoms with Gasteiger partial charge in [0.1, 0.15) is 12.4 Å². The number of carbonyl (C=O) groups is 1. The number of aryl methyl sites for hydroxylation is 1. The van der Waals surface area contributed by atoms with Gasteiger partial charge in [0.15, 0.2) is 0 Å². The van der Waals surface area contributed by atoms with Crippen molar-refractivity contribution in [3.05, 3.63) is 41.5 Å². The Morgan fingerprint density at radius 2 is 2.18 bits per heavy atom. The zero-order chi connectivity index (χ0) is 12.1. The highest BCUT2D eigenvalue weighted by Gasteiger charge is 2.13. The summed E-state index contributed by atoms with van der Waals surface area (Å²) >= 11 is 0. The lowest BCUT2D eigenvalue weighted by molar-refractivity contribution is -0.131. The Morgan fingerprint density at radius 1 is 1.35 bits per heavy atom.